The standard InChI is InChI=1S/C8H18OSi/c1-5-9-7-6-8(7)10(2,3)4/h7-8H,5-6H2,1-4H3/t7-,8-/m1/s1. The highest BCUT2D eigenvalue weighted by Crippen LogP contribution is 2.47. The second-order valence-corrected chi connectivity index (χ2v) is 9.68. The van der Waals surface area contributed by atoms with E-state index in [1.807, 2.05) is 0 Å². The van der Waals surface area contributed by atoms with Gasteiger partial charge in [0.1, 0.15) is 0 Å². The molecule has 2 heteroatoms. The van der Waals surface area contributed by atoms with Crippen LogP contribution in [0.4, 0.5) is 0 Å². The molecule has 0 unspecified atom stereocenters. The van der Waals surface area contributed by atoms with Gasteiger partial charge in [-0.2, -0.15) is 0 Å². The van der Waals surface area contributed by atoms with Gasteiger partial charge in [0.05, 0.1) is 14.2 Å². The first kappa shape index (κ1) is 8.28. The zero-order chi connectivity index (χ0) is 7.78. The van der Waals surface area contributed by atoms with Gasteiger partial charge in [-0.1, -0.05) is 19.6 Å². The lowest BCUT2D eigenvalue weighted by atomic mass is 10.8. The highest BCUT2D eigenvalue weighted by molar-refractivity contribution is 6.78. The van der Waals surface area contributed by atoms with Crippen molar-refractivity contribution in [2.75, 3.05) is 6.61 Å². The molecular formula is C8H18OSi. The molecule has 0 aliphatic heterocycles. The van der Waals surface area contributed by atoms with Gasteiger partial charge < -0.3 is 4.74 Å². The van der Waals surface area contributed by atoms with E-state index in [1.165, 1.54) is 6.42 Å². The van der Waals surface area contributed by atoms with Crippen molar-refractivity contribution in [3.05, 3.63) is 0 Å². The summed E-state index contributed by atoms with van der Waals surface area (Å²) >= 11 is 0. The largest absolute Gasteiger partial charge is 0.379 e. The van der Waals surface area contributed by atoms with Gasteiger partial charge in [-0.15, -0.1) is 0 Å². The first-order valence-corrected chi connectivity index (χ1v) is 7.75. The minimum absolute atomic E-state index is 0.636. The summed E-state index contributed by atoms with van der Waals surface area (Å²) in [7, 11) is -0.849. The second kappa shape index (κ2) is 2.66. The van der Waals surface area contributed by atoms with Crippen LogP contribution in [0.25, 0.3) is 0 Å². The normalized spacial score (nSPS) is 32.4. The van der Waals surface area contributed by atoms with E-state index in [0.29, 0.717) is 6.10 Å². The van der Waals surface area contributed by atoms with Crippen LogP contribution in [-0.2, 0) is 4.74 Å². The monoisotopic (exact) mass is 158 g/mol. The topological polar surface area (TPSA) is 9.23 Å². The van der Waals surface area contributed by atoms with Gasteiger partial charge in [0.2, 0.25) is 0 Å². The third kappa shape index (κ3) is 1.83. The minimum Gasteiger partial charge on any atom is -0.379 e. The van der Waals surface area contributed by atoms with Crippen molar-refractivity contribution in [3.8, 4) is 0 Å². The molecular weight excluding hydrogens is 140 g/mol. The molecule has 1 nitrogen and oxygen atoms in total. The van der Waals surface area contributed by atoms with E-state index in [4.69, 9.17) is 4.74 Å². The van der Waals surface area contributed by atoms with Crippen LogP contribution >= 0.6 is 0 Å². The van der Waals surface area contributed by atoms with E-state index in [-0.39, 0.29) is 0 Å². The van der Waals surface area contributed by atoms with Crippen LogP contribution in [0, 0.1) is 0 Å². The number of ether oxygens (including phenoxy) is 1. The Morgan fingerprint density at radius 3 is 2.30 bits per heavy atom. The van der Waals surface area contributed by atoms with Crippen molar-refractivity contribution in [3.63, 3.8) is 0 Å². The molecule has 1 saturated carbocycles. The SMILES string of the molecule is CCO[C@@H]1C[C@H]1[Si](C)(C)C. The van der Waals surface area contributed by atoms with E-state index in [9.17, 15) is 0 Å². The van der Waals surface area contributed by atoms with Crippen LogP contribution in [0.15, 0.2) is 0 Å². The van der Waals surface area contributed by atoms with Crippen LogP contribution in [0.1, 0.15) is 13.3 Å². The van der Waals surface area contributed by atoms with Crippen molar-refractivity contribution in [1.29, 1.82) is 0 Å². The van der Waals surface area contributed by atoms with Crippen molar-refractivity contribution in [2.24, 2.45) is 0 Å². The number of hydrogen-bond donors (Lipinski definition) is 0. The summed E-state index contributed by atoms with van der Waals surface area (Å²) in [5.74, 6) is 0. The molecule has 60 valence electrons. The predicted molar refractivity (Wildman–Crippen MR) is 47.1 cm³/mol. The van der Waals surface area contributed by atoms with Crippen LogP contribution in [0.5, 0.6) is 0 Å². The summed E-state index contributed by atoms with van der Waals surface area (Å²) in [5, 5.41) is 0. The first-order valence-electron chi connectivity index (χ1n) is 4.17. The van der Waals surface area contributed by atoms with Gasteiger partial charge >= 0.3 is 0 Å². The molecule has 2 atom stereocenters. The van der Waals surface area contributed by atoms with Crippen molar-refractivity contribution < 1.29 is 4.74 Å². The molecule has 1 rings (SSSR count). The molecule has 10 heavy (non-hydrogen) atoms. The molecule has 1 aliphatic carbocycles. The molecule has 0 aromatic heterocycles. The summed E-state index contributed by atoms with van der Waals surface area (Å²) in [5.41, 5.74) is 0.951. The van der Waals surface area contributed by atoms with Crippen molar-refractivity contribution in [1.82, 2.24) is 0 Å². The van der Waals surface area contributed by atoms with Gasteiger partial charge in [0.25, 0.3) is 0 Å². The summed E-state index contributed by atoms with van der Waals surface area (Å²) in [4.78, 5) is 0. The van der Waals surface area contributed by atoms with Crippen LogP contribution in [-0.4, -0.2) is 20.8 Å². The van der Waals surface area contributed by atoms with E-state index < -0.39 is 8.07 Å². The average Bonchev–Trinajstić information content (AvgIpc) is 2.44. The number of hydrogen-bond acceptors (Lipinski definition) is 1. The Bertz CT molecular complexity index is 117. The maximum Gasteiger partial charge on any atom is 0.0581 e. The fourth-order valence-corrected chi connectivity index (χ4v) is 3.63. The molecule has 0 amide bonds. The van der Waals surface area contributed by atoms with Gasteiger partial charge in [-0.3, -0.25) is 0 Å². The summed E-state index contributed by atoms with van der Waals surface area (Å²) < 4.78 is 5.53. The quantitative estimate of drug-likeness (QED) is 0.573. The van der Waals surface area contributed by atoms with Crippen molar-refractivity contribution >= 4 is 8.07 Å². The Kier molecular flexibility index (Phi) is 2.20. The van der Waals surface area contributed by atoms with Gasteiger partial charge in [0, 0.05) is 6.61 Å². The summed E-state index contributed by atoms with van der Waals surface area (Å²) in [6.45, 7) is 10.3. The highest BCUT2D eigenvalue weighted by atomic mass is 28.3. The highest BCUT2D eigenvalue weighted by Gasteiger charge is 2.46. The fraction of sp³-hybridized carbons (Fsp3) is 1.00. The lowest BCUT2D eigenvalue weighted by Gasteiger charge is -2.14. The lowest BCUT2D eigenvalue weighted by molar-refractivity contribution is 0.132. The van der Waals surface area contributed by atoms with Crippen LogP contribution in [0.3, 0.4) is 0 Å². The fourth-order valence-electron chi connectivity index (χ4n) is 1.48. The van der Waals surface area contributed by atoms with E-state index in [1.54, 1.807) is 0 Å². The predicted octanol–water partition coefficient (Wildman–Crippen LogP) is 2.50. The zero-order valence-electron chi connectivity index (χ0n) is 7.48. The Morgan fingerprint density at radius 2 is 2.00 bits per heavy atom. The summed E-state index contributed by atoms with van der Waals surface area (Å²) in [6, 6.07) is 0. The van der Waals surface area contributed by atoms with Gasteiger partial charge in [-0.05, 0) is 18.9 Å². The molecule has 0 heterocycles. The second-order valence-electron chi connectivity index (χ2n) is 4.20. The molecule has 0 radical (unpaired) electrons. The van der Waals surface area contributed by atoms with Gasteiger partial charge in [-0.25, -0.2) is 0 Å². The molecule has 1 aliphatic rings. The molecule has 0 aromatic rings. The molecule has 0 N–H and O–H groups in total. The summed E-state index contributed by atoms with van der Waals surface area (Å²) in [6.07, 6.45) is 1.97. The van der Waals surface area contributed by atoms with E-state index >= 15 is 0 Å². The third-order valence-electron chi connectivity index (χ3n) is 2.23. The number of rotatable bonds is 3. The van der Waals surface area contributed by atoms with E-state index in [0.717, 1.165) is 12.1 Å². The molecule has 0 aromatic carbocycles. The Labute approximate surface area is 64.8 Å². The zero-order valence-corrected chi connectivity index (χ0v) is 8.48. The van der Waals surface area contributed by atoms with Gasteiger partial charge in [0.15, 0.2) is 0 Å². The molecule has 0 spiro atoms. The van der Waals surface area contributed by atoms with Crippen LogP contribution in [0.2, 0.25) is 25.2 Å². The Hall–Kier alpha value is 0.177. The minimum atomic E-state index is -0.849. The Morgan fingerprint density at radius 1 is 1.40 bits per heavy atom. The van der Waals surface area contributed by atoms with E-state index in [2.05, 4.69) is 26.6 Å². The molecule has 0 bridgehead atoms. The third-order valence-corrected chi connectivity index (χ3v) is 5.06. The Balaban J connectivity index is 2.25. The smallest absolute Gasteiger partial charge is 0.0581 e. The van der Waals surface area contributed by atoms with Crippen molar-refractivity contribution in [2.45, 2.75) is 44.6 Å². The lowest BCUT2D eigenvalue weighted by Crippen LogP contribution is -2.22. The molecule has 0 saturated heterocycles. The van der Waals surface area contributed by atoms with Crippen LogP contribution < -0.4 is 0 Å². The first-order chi connectivity index (χ1) is 4.55. The maximum absolute atomic E-state index is 5.53. The average molecular weight is 158 g/mol. The molecule has 1 fully saturated rings. The maximum atomic E-state index is 5.53.